The van der Waals surface area contributed by atoms with Crippen molar-refractivity contribution < 1.29 is 36.2 Å². The van der Waals surface area contributed by atoms with Gasteiger partial charge in [-0.2, -0.15) is 27.2 Å². The van der Waals surface area contributed by atoms with Crippen molar-refractivity contribution in [1.29, 1.82) is 5.26 Å². The Morgan fingerprint density at radius 1 is 1.22 bits per heavy atom. The van der Waals surface area contributed by atoms with Crippen molar-refractivity contribution in [3.8, 4) is 11.8 Å². The van der Waals surface area contributed by atoms with Gasteiger partial charge in [0.05, 0.1) is 12.7 Å². The number of ether oxygens (including phenoxy) is 2. The summed E-state index contributed by atoms with van der Waals surface area (Å²) in [4.78, 5) is 15.7. The minimum atomic E-state index is -4.74. The number of halogens is 5. The number of methoxy groups -OCH3 is 1. The predicted octanol–water partition coefficient (Wildman–Crippen LogP) is 3.88. The first-order chi connectivity index (χ1) is 12.7. The van der Waals surface area contributed by atoms with E-state index in [2.05, 4.69) is 14.5 Å². The Morgan fingerprint density at radius 3 is 2.33 bits per heavy atom. The molecule has 1 aromatic heterocycles. The Kier molecular flexibility index (Phi) is 5.95. The minimum absolute atomic E-state index is 0.112. The molecule has 27 heavy (non-hydrogen) atoms. The van der Waals surface area contributed by atoms with Crippen LogP contribution in [0.1, 0.15) is 28.3 Å². The van der Waals surface area contributed by atoms with Crippen molar-refractivity contribution in [2.45, 2.75) is 18.7 Å². The van der Waals surface area contributed by atoms with E-state index in [9.17, 15) is 26.7 Å². The maximum Gasteiger partial charge on any atom is 0.417 e. The molecule has 0 spiro atoms. The molecule has 0 saturated carbocycles. The number of alkyl halides is 5. The van der Waals surface area contributed by atoms with E-state index >= 15 is 0 Å². The quantitative estimate of drug-likeness (QED) is 0.576. The van der Waals surface area contributed by atoms with Crippen LogP contribution in [0.15, 0.2) is 36.5 Å². The first-order valence-corrected chi connectivity index (χ1v) is 7.27. The van der Waals surface area contributed by atoms with E-state index in [0.29, 0.717) is 12.3 Å². The fourth-order valence-electron chi connectivity index (χ4n) is 2.35. The lowest BCUT2D eigenvalue weighted by Gasteiger charge is -2.18. The molecule has 2 rings (SSSR count). The summed E-state index contributed by atoms with van der Waals surface area (Å²) in [5.41, 5.74) is -1.75. The lowest BCUT2D eigenvalue weighted by atomic mass is 9.89. The third-order valence-corrected chi connectivity index (χ3v) is 3.54. The van der Waals surface area contributed by atoms with Gasteiger partial charge in [0, 0.05) is 11.8 Å². The molecule has 0 aliphatic carbocycles. The zero-order valence-corrected chi connectivity index (χ0v) is 13.6. The Hall–Kier alpha value is -3.22. The van der Waals surface area contributed by atoms with Crippen LogP contribution in [-0.4, -0.2) is 24.7 Å². The molecule has 0 fully saturated rings. The number of rotatable bonds is 5. The van der Waals surface area contributed by atoms with Crippen LogP contribution in [0, 0.1) is 11.3 Å². The van der Waals surface area contributed by atoms with Gasteiger partial charge in [-0.3, -0.25) is 4.79 Å². The highest BCUT2D eigenvalue weighted by Crippen LogP contribution is 2.34. The van der Waals surface area contributed by atoms with Crippen LogP contribution in [0.4, 0.5) is 22.0 Å². The van der Waals surface area contributed by atoms with Gasteiger partial charge in [-0.1, -0.05) is 12.1 Å². The zero-order valence-electron chi connectivity index (χ0n) is 13.6. The number of hydrogen-bond donors (Lipinski definition) is 0. The van der Waals surface area contributed by atoms with Gasteiger partial charge in [0.1, 0.15) is 23.4 Å². The first-order valence-electron chi connectivity index (χ1n) is 7.27. The molecule has 1 heterocycles. The molecule has 1 unspecified atom stereocenters. The van der Waals surface area contributed by atoms with Crippen molar-refractivity contribution in [3.63, 3.8) is 0 Å². The number of hydrogen-bond acceptors (Lipinski definition) is 5. The molecule has 1 atom stereocenters. The molecule has 0 aliphatic heterocycles. The topological polar surface area (TPSA) is 72.2 Å². The number of esters is 1. The molecule has 1 aromatic carbocycles. The van der Waals surface area contributed by atoms with Gasteiger partial charge in [0.15, 0.2) is 0 Å². The van der Waals surface area contributed by atoms with Gasteiger partial charge in [-0.15, -0.1) is 0 Å². The summed E-state index contributed by atoms with van der Waals surface area (Å²) in [5.74, 6) is -2.57. The Labute approximate surface area is 150 Å². The summed E-state index contributed by atoms with van der Waals surface area (Å²) in [5, 5.41) is 9.16. The summed E-state index contributed by atoms with van der Waals surface area (Å²) in [6, 6.07) is 6.92. The lowest BCUT2D eigenvalue weighted by molar-refractivity contribution is -0.142. The van der Waals surface area contributed by atoms with Crippen LogP contribution in [0.3, 0.4) is 0 Å². The summed E-state index contributed by atoms with van der Waals surface area (Å²) < 4.78 is 72.3. The van der Waals surface area contributed by atoms with Crippen molar-refractivity contribution in [1.82, 2.24) is 4.98 Å². The van der Waals surface area contributed by atoms with Crippen LogP contribution in [-0.2, 0) is 15.7 Å². The SMILES string of the molecule is COC(=O)C(c1ccc(OC(F)F)cc1)c1cc(C(F)(F)F)cnc1C#N. The molecular weight excluding hydrogens is 375 g/mol. The van der Waals surface area contributed by atoms with Gasteiger partial charge in [0.2, 0.25) is 0 Å². The molecule has 0 saturated heterocycles. The highest BCUT2D eigenvalue weighted by atomic mass is 19.4. The fourth-order valence-corrected chi connectivity index (χ4v) is 2.35. The van der Waals surface area contributed by atoms with E-state index in [-0.39, 0.29) is 16.9 Å². The minimum Gasteiger partial charge on any atom is -0.468 e. The Balaban J connectivity index is 2.57. The van der Waals surface area contributed by atoms with Crippen molar-refractivity contribution in [2.75, 3.05) is 7.11 Å². The zero-order chi connectivity index (χ0) is 20.2. The predicted molar refractivity (Wildman–Crippen MR) is 80.9 cm³/mol. The van der Waals surface area contributed by atoms with Crippen molar-refractivity contribution in [2.24, 2.45) is 0 Å². The first kappa shape index (κ1) is 20.1. The highest BCUT2D eigenvalue weighted by molar-refractivity contribution is 5.83. The number of benzene rings is 1. The van der Waals surface area contributed by atoms with Crippen molar-refractivity contribution in [3.05, 3.63) is 58.9 Å². The molecule has 0 bridgehead atoms. The number of aromatic nitrogens is 1. The molecule has 0 radical (unpaired) electrons. The molecule has 142 valence electrons. The van der Waals surface area contributed by atoms with Gasteiger partial charge in [-0.05, 0) is 23.8 Å². The normalized spacial score (nSPS) is 12.4. The smallest absolute Gasteiger partial charge is 0.417 e. The van der Waals surface area contributed by atoms with Crippen LogP contribution in [0.5, 0.6) is 5.75 Å². The fraction of sp³-hybridized carbons (Fsp3) is 0.235. The standard InChI is InChI=1S/C17H11F5N2O3/c1-26-15(25)14(9-2-4-11(5-3-9)27-16(18)19)12-6-10(17(20,21)22)8-24-13(12)7-23/h2-6,8,14,16H,1H3. The number of pyridine rings is 1. The van der Waals surface area contributed by atoms with E-state index in [1.54, 1.807) is 6.07 Å². The summed E-state index contributed by atoms with van der Waals surface area (Å²) >= 11 is 0. The van der Waals surface area contributed by atoms with Gasteiger partial charge >= 0.3 is 18.8 Å². The van der Waals surface area contributed by atoms with Crippen LogP contribution in [0.25, 0.3) is 0 Å². The van der Waals surface area contributed by atoms with Crippen LogP contribution < -0.4 is 4.74 Å². The molecule has 0 amide bonds. The van der Waals surface area contributed by atoms with Crippen molar-refractivity contribution >= 4 is 5.97 Å². The average Bonchev–Trinajstić information content (AvgIpc) is 2.61. The summed E-state index contributed by atoms with van der Waals surface area (Å²) in [7, 11) is 1.02. The summed E-state index contributed by atoms with van der Waals surface area (Å²) in [6.45, 7) is -3.06. The Bertz CT molecular complexity index is 860. The van der Waals surface area contributed by atoms with E-state index < -0.39 is 35.9 Å². The summed E-state index contributed by atoms with van der Waals surface area (Å²) in [6.07, 6.45) is -4.26. The van der Waals surface area contributed by atoms with E-state index in [4.69, 9.17) is 5.26 Å². The second kappa shape index (κ2) is 7.99. The second-order valence-electron chi connectivity index (χ2n) is 5.18. The van der Waals surface area contributed by atoms with Gasteiger partial charge in [0.25, 0.3) is 0 Å². The molecule has 0 aliphatic rings. The van der Waals surface area contributed by atoms with Gasteiger partial charge < -0.3 is 9.47 Å². The van der Waals surface area contributed by atoms with Gasteiger partial charge in [-0.25, -0.2) is 4.98 Å². The second-order valence-corrected chi connectivity index (χ2v) is 5.18. The third kappa shape index (κ3) is 4.69. The molecule has 2 aromatic rings. The highest BCUT2D eigenvalue weighted by Gasteiger charge is 2.34. The maximum absolute atomic E-state index is 13.0. The molecule has 5 nitrogen and oxygen atoms in total. The monoisotopic (exact) mass is 386 g/mol. The lowest BCUT2D eigenvalue weighted by Crippen LogP contribution is -2.19. The number of carbonyl (C=O) groups is 1. The number of nitriles is 1. The average molecular weight is 386 g/mol. The van der Waals surface area contributed by atoms with E-state index in [1.807, 2.05) is 0 Å². The molecular formula is C17H11F5N2O3. The maximum atomic E-state index is 13.0. The van der Waals surface area contributed by atoms with Crippen LogP contribution >= 0.6 is 0 Å². The Morgan fingerprint density at radius 2 is 1.85 bits per heavy atom. The van der Waals surface area contributed by atoms with Crippen LogP contribution in [0.2, 0.25) is 0 Å². The van der Waals surface area contributed by atoms with E-state index in [1.165, 1.54) is 12.1 Å². The number of nitrogens with zero attached hydrogens (tertiary/aromatic N) is 2. The molecule has 10 heteroatoms. The van der Waals surface area contributed by atoms with E-state index in [0.717, 1.165) is 19.2 Å². The largest absolute Gasteiger partial charge is 0.468 e. The molecule has 0 N–H and O–H groups in total. The number of carbonyl (C=O) groups excluding carboxylic acids is 1. The third-order valence-electron chi connectivity index (χ3n) is 3.54.